The Morgan fingerprint density at radius 2 is 1.58 bits per heavy atom. The first-order valence-corrected chi connectivity index (χ1v) is 18.8. The highest BCUT2D eigenvalue weighted by atomic mass is 19.4. The van der Waals surface area contributed by atoms with E-state index in [0.717, 1.165) is 36.9 Å². The molecule has 57 heavy (non-hydrogen) atoms. The molecule has 0 unspecified atom stereocenters. The fraction of sp³-hybridized carbons (Fsp3) is 0.561. The molecular formula is C41H49F7N4O5. The molecule has 1 atom stereocenters. The molecule has 5 rings (SSSR count). The van der Waals surface area contributed by atoms with E-state index in [2.05, 4.69) is 11.7 Å². The number of amides is 2. The van der Waals surface area contributed by atoms with Crippen LogP contribution in [-0.4, -0.2) is 94.5 Å². The van der Waals surface area contributed by atoms with E-state index in [1.54, 1.807) is 26.8 Å². The second kappa shape index (κ2) is 16.4. The zero-order valence-electron chi connectivity index (χ0n) is 32.7. The van der Waals surface area contributed by atoms with E-state index in [1.165, 1.54) is 34.1 Å². The number of hydrogen-bond donors (Lipinski definition) is 0. The molecule has 1 aromatic heterocycles. The highest BCUT2D eigenvalue weighted by Crippen LogP contribution is 2.48. The summed E-state index contributed by atoms with van der Waals surface area (Å²) in [5.74, 6) is -7.35. The summed E-state index contributed by atoms with van der Waals surface area (Å²) in [7, 11) is 0. The molecule has 0 bridgehead atoms. The van der Waals surface area contributed by atoms with E-state index in [-0.39, 0.29) is 94.2 Å². The third-order valence-electron chi connectivity index (χ3n) is 10.9. The van der Waals surface area contributed by atoms with Crippen molar-refractivity contribution in [2.75, 3.05) is 39.4 Å². The van der Waals surface area contributed by atoms with E-state index in [0.29, 0.717) is 5.57 Å². The van der Waals surface area contributed by atoms with Crippen LogP contribution in [0.15, 0.2) is 66.5 Å². The van der Waals surface area contributed by atoms with Gasteiger partial charge in [0.2, 0.25) is 11.8 Å². The lowest BCUT2D eigenvalue weighted by molar-refractivity contribution is -0.223. The third-order valence-corrected chi connectivity index (χ3v) is 10.9. The quantitative estimate of drug-likeness (QED) is 0.0712. The van der Waals surface area contributed by atoms with E-state index in [9.17, 15) is 45.1 Å². The van der Waals surface area contributed by atoms with E-state index < -0.39 is 63.9 Å². The molecule has 0 N–H and O–H groups in total. The van der Waals surface area contributed by atoms with Gasteiger partial charge in [-0.2, -0.15) is 18.3 Å². The Hall–Kier alpha value is -4.47. The van der Waals surface area contributed by atoms with Crippen LogP contribution in [-0.2, 0) is 25.6 Å². The number of rotatable bonds is 12. The van der Waals surface area contributed by atoms with Crippen LogP contribution in [0.4, 0.5) is 30.7 Å². The average Bonchev–Trinajstić information content (AvgIpc) is 3.70. The van der Waals surface area contributed by atoms with Crippen molar-refractivity contribution in [3.05, 3.63) is 89.3 Å². The van der Waals surface area contributed by atoms with Crippen molar-refractivity contribution in [3.63, 3.8) is 0 Å². The van der Waals surface area contributed by atoms with Crippen molar-refractivity contribution in [1.29, 1.82) is 0 Å². The Morgan fingerprint density at radius 3 is 2.16 bits per heavy atom. The van der Waals surface area contributed by atoms with E-state index in [1.807, 2.05) is 0 Å². The topological polar surface area (TPSA) is 94.0 Å². The Kier molecular flexibility index (Phi) is 12.6. The predicted octanol–water partition coefficient (Wildman–Crippen LogP) is 7.92. The summed E-state index contributed by atoms with van der Waals surface area (Å²) in [6.45, 7) is 10.4. The molecule has 16 heteroatoms. The van der Waals surface area contributed by atoms with Crippen molar-refractivity contribution < 1.29 is 54.6 Å². The minimum Gasteiger partial charge on any atom is -0.456 e. The van der Waals surface area contributed by atoms with Crippen LogP contribution < -0.4 is 0 Å². The molecule has 2 amide bonds. The molecular weight excluding hydrogens is 761 g/mol. The molecule has 2 aliphatic heterocycles. The van der Waals surface area contributed by atoms with Crippen molar-refractivity contribution in [2.45, 2.75) is 84.5 Å². The first-order valence-electron chi connectivity index (χ1n) is 18.8. The fourth-order valence-electron chi connectivity index (χ4n) is 7.71. The lowest BCUT2D eigenvalue weighted by Gasteiger charge is -2.52. The maximum atomic E-state index is 14.1. The van der Waals surface area contributed by atoms with Gasteiger partial charge in [-0.15, -0.1) is 0 Å². The number of alkyl halides is 5. The molecule has 1 aliphatic carbocycles. The Morgan fingerprint density at radius 1 is 0.965 bits per heavy atom. The largest absolute Gasteiger partial charge is 0.456 e. The van der Waals surface area contributed by atoms with Crippen molar-refractivity contribution >= 4 is 17.8 Å². The summed E-state index contributed by atoms with van der Waals surface area (Å²) in [6.07, 6.45) is 2.16. The standard InChI is InChI=1S/C41H49F7N4O5/c1-7-8-32(27-9-12-40(44,45)13-10-27)33(35(54)57-37(2,3)4)11-14-56-22-29-21-50(23-39(29)24-51(25-39)36(55)38(5,6)41(46,47)48)34(53)28-18-49-52(20-28)19-26-15-30(42)17-31(43)16-26/h7-8,11,15-18,20,27,29H,1,9-10,12-14,19,21-25H2,2-6H3/b32-8-,33-11-/t29-/m0/s1. The second-order valence-electron chi connectivity index (χ2n) is 16.9. The monoisotopic (exact) mass is 810 g/mol. The van der Waals surface area contributed by atoms with Crippen LogP contribution in [0.25, 0.3) is 0 Å². The van der Waals surface area contributed by atoms with Crippen molar-refractivity contribution in [2.24, 2.45) is 22.7 Å². The normalized spacial score (nSPS) is 20.5. The molecule has 0 radical (unpaired) electrons. The number of likely N-dealkylation sites (tertiary alicyclic amines) is 2. The number of esters is 1. The lowest BCUT2D eigenvalue weighted by Crippen LogP contribution is -2.66. The van der Waals surface area contributed by atoms with Crippen molar-refractivity contribution in [1.82, 2.24) is 19.6 Å². The first-order chi connectivity index (χ1) is 26.4. The maximum absolute atomic E-state index is 14.1. The number of carbonyl (C=O) groups is 3. The van der Waals surface area contributed by atoms with Gasteiger partial charge in [0.15, 0.2) is 0 Å². The minimum atomic E-state index is -4.79. The van der Waals surface area contributed by atoms with Crippen LogP contribution >= 0.6 is 0 Å². The second-order valence-corrected chi connectivity index (χ2v) is 16.9. The number of aromatic nitrogens is 2. The van der Waals surface area contributed by atoms with Crippen molar-refractivity contribution in [3.8, 4) is 0 Å². The van der Waals surface area contributed by atoms with Gasteiger partial charge >= 0.3 is 12.1 Å². The molecule has 312 valence electrons. The smallest absolute Gasteiger partial charge is 0.402 e. The predicted molar refractivity (Wildman–Crippen MR) is 196 cm³/mol. The summed E-state index contributed by atoms with van der Waals surface area (Å²) < 4.78 is 110. The average molecular weight is 811 g/mol. The highest BCUT2D eigenvalue weighted by Gasteiger charge is 2.61. The fourth-order valence-corrected chi connectivity index (χ4v) is 7.71. The maximum Gasteiger partial charge on any atom is 0.402 e. The molecule has 1 spiro atoms. The molecule has 3 heterocycles. The molecule has 9 nitrogen and oxygen atoms in total. The van der Waals surface area contributed by atoms with E-state index >= 15 is 0 Å². The lowest BCUT2D eigenvalue weighted by atomic mass is 9.70. The van der Waals surface area contributed by atoms with Gasteiger partial charge in [0.1, 0.15) is 22.7 Å². The zero-order valence-corrected chi connectivity index (χ0v) is 32.7. The Bertz CT molecular complexity index is 1880. The number of benzene rings is 1. The summed E-state index contributed by atoms with van der Waals surface area (Å²) in [5, 5.41) is 4.17. The molecule has 1 saturated carbocycles. The number of ether oxygens (including phenoxy) is 2. The summed E-state index contributed by atoms with van der Waals surface area (Å²) >= 11 is 0. The van der Waals surface area contributed by atoms with Crippen LogP contribution in [0.1, 0.15) is 76.2 Å². The number of allylic oxidation sites excluding steroid dienone is 2. The van der Waals surface area contributed by atoms with Gasteiger partial charge in [-0.1, -0.05) is 18.7 Å². The first kappa shape index (κ1) is 43.6. The van der Waals surface area contributed by atoms with Gasteiger partial charge in [-0.05, 0) is 82.7 Å². The number of carbonyl (C=O) groups excluding carboxylic acids is 3. The number of halogens is 7. The minimum absolute atomic E-state index is 0.00682. The molecule has 2 saturated heterocycles. The van der Waals surface area contributed by atoms with Crippen LogP contribution in [0, 0.1) is 34.3 Å². The SMILES string of the molecule is C=C/C=C(\C(=C\COC[C@@H]1CN(C(=O)c2cnn(Cc3cc(F)cc(F)c3)c2)CC12CN(C(=O)C(C)(C)C(F)(F)F)C2)C(=O)OC(C)(C)C)C1CCC(F)(F)CC1. The molecule has 1 aromatic carbocycles. The molecule has 3 fully saturated rings. The van der Waals surface area contributed by atoms with Gasteiger partial charge in [0.25, 0.3) is 5.91 Å². The summed E-state index contributed by atoms with van der Waals surface area (Å²) in [5.41, 5.74) is -3.24. The van der Waals surface area contributed by atoms with Gasteiger partial charge < -0.3 is 19.3 Å². The van der Waals surface area contributed by atoms with Crippen LogP contribution in [0.3, 0.4) is 0 Å². The van der Waals surface area contributed by atoms with Crippen LogP contribution in [0.5, 0.6) is 0 Å². The molecule has 3 aliphatic rings. The van der Waals surface area contributed by atoms with Crippen LogP contribution in [0.2, 0.25) is 0 Å². The highest BCUT2D eigenvalue weighted by molar-refractivity contribution is 5.94. The summed E-state index contributed by atoms with van der Waals surface area (Å²) in [6, 6.07) is 3.02. The zero-order chi connectivity index (χ0) is 42.1. The third kappa shape index (κ3) is 10.2. The van der Waals surface area contributed by atoms with Gasteiger partial charge in [0, 0.05) is 62.6 Å². The molecule has 2 aromatic rings. The van der Waals surface area contributed by atoms with Gasteiger partial charge in [0.05, 0.1) is 37.1 Å². The van der Waals surface area contributed by atoms with Gasteiger partial charge in [-0.25, -0.2) is 22.4 Å². The Labute approximate surface area is 327 Å². The number of nitrogens with zero attached hydrogens (tertiary/aromatic N) is 4. The summed E-state index contributed by atoms with van der Waals surface area (Å²) in [4.78, 5) is 43.0. The Balaban J connectivity index is 1.35. The van der Waals surface area contributed by atoms with Gasteiger partial charge in [-0.3, -0.25) is 14.3 Å². The van der Waals surface area contributed by atoms with E-state index in [4.69, 9.17) is 9.47 Å². The number of hydrogen-bond acceptors (Lipinski definition) is 6.